The minimum Gasteiger partial charge on any atom is -0.337 e. The Labute approximate surface area is 160 Å². The third kappa shape index (κ3) is 3.51. The Morgan fingerprint density at radius 3 is 2.54 bits per heavy atom. The summed E-state index contributed by atoms with van der Waals surface area (Å²) in [7, 11) is 1.36. The molecule has 2 aromatic rings. The second-order valence-corrected chi connectivity index (χ2v) is 7.54. The number of hydrogen-bond donors (Lipinski definition) is 0. The van der Waals surface area contributed by atoms with Crippen molar-refractivity contribution in [3.63, 3.8) is 0 Å². The average molecular weight is 396 g/mol. The Bertz CT molecular complexity index is 863. The molecule has 0 N–H and O–H groups in total. The molecule has 28 heavy (non-hydrogen) atoms. The lowest BCUT2D eigenvalue weighted by Gasteiger charge is -2.31. The van der Waals surface area contributed by atoms with E-state index in [4.69, 9.17) is 0 Å². The number of fused-ring (bicyclic) bond motifs is 1. The maximum Gasteiger partial charge on any atom is 0.435 e. The number of alkyl halides is 3. The predicted octanol–water partition coefficient (Wildman–Crippen LogP) is 2.78. The molecular formula is C18H23F3N6O. The molecule has 10 heteroatoms. The van der Waals surface area contributed by atoms with Crippen molar-refractivity contribution in [1.82, 2.24) is 29.4 Å². The predicted molar refractivity (Wildman–Crippen MR) is 93.7 cm³/mol. The van der Waals surface area contributed by atoms with Crippen molar-refractivity contribution in [3.8, 4) is 0 Å². The topological polar surface area (TPSA) is 68.8 Å². The molecule has 0 radical (unpaired) electrons. The van der Waals surface area contributed by atoms with E-state index in [1.807, 2.05) is 0 Å². The summed E-state index contributed by atoms with van der Waals surface area (Å²) in [5, 5.41) is 12.2. The molecule has 2 aliphatic heterocycles. The van der Waals surface area contributed by atoms with Gasteiger partial charge in [0.1, 0.15) is 17.3 Å². The van der Waals surface area contributed by atoms with E-state index in [9.17, 15) is 18.0 Å². The molecule has 1 saturated heterocycles. The maximum absolute atomic E-state index is 12.8. The van der Waals surface area contributed by atoms with Gasteiger partial charge < -0.3 is 9.47 Å². The zero-order valence-corrected chi connectivity index (χ0v) is 15.7. The van der Waals surface area contributed by atoms with Crippen molar-refractivity contribution in [2.45, 2.75) is 57.2 Å². The van der Waals surface area contributed by atoms with E-state index < -0.39 is 17.8 Å². The van der Waals surface area contributed by atoms with Crippen molar-refractivity contribution >= 4 is 5.91 Å². The number of rotatable bonds is 2. The zero-order chi connectivity index (χ0) is 19.9. The van der Waals surface area contributed by atoms with Crippen LogP contribution in [0.5, 0.6) is 0 Å². The number of hydrogen-bond acceptors (Lipinski definition) is 4. The zero-order valence-electron chi connectivity index (χ0n) is 15.7. The summed E-state index contributed by atoms with van der Waals surface area (Å²) >= 11 is 0. The van der Waals surface area contributed by atoms with E-state index in [2.05, 4.69) is 19.9 Å². The van der Waals surface area contributed by atoms with Crippen molar-refractivity contribution in [3.05, 3.63) is 29.1 Å². The second kappa shape index (κ2) is 7.21. The van der Waals surface area contributed by atoms with Crippen LogP contribution in [-0.4, -0.2) is 48.4 Å². The average Bonchev–Trinajstić information content (AvgIpc) is 3.17. The molecular weight excluding hydrogens is 373 g/mol. The summed E-state index contributed by atoms with van der Waals surface area (Å²) in [6.07, 6.45) is 1.30. The first-order valence-electron chi connectivity index (χ1n) is 9.67. The number of nitrogens with zero attached hydrogens (tertiary/aromatic N) is 6. The first-order chi connectivity index (χ1) is 13.3. The number of halogens is 3. The SMILES string of the molecule is Cn1nc(C(F)(F)F)cc1C(=O)N1CCC(c2nnc3n2CCCCC3)CC1. The van der Waals surface area contributed by atoms with E-state index >= 15 is 0 Å². The quantitative estimate of drug-likeness (QED) is 0.783. The Morgan fingerprint density at radius 2 is 1.86 bits per heavy atom. The Kier molecular flexibility index (Phi) is 4.88. The minimum atomic E-state index is -4.56. The largest absolute Gasteiger partial charge is 0.435 e. The van der Waals surface area contributed by atoms with E-state index in [1.165, 1.54) is 13.5 Å². The smallest absolute Gasteiger partial charge is 0.337 e. The number of carbonyl (C=O) groups is 1. The van der Waals surface area contributed by atoms with Gasteiger partial charge in [-0.3, -0.25) is 9.48 Å². The molecule has 0 saturated carbocycles. The standard InChI is InChI=1S/C18H23F3N6O/c1-25-13(11-14(24-25)18(19,20)21)17(28)26-9-6-12(7-10-26)16-23-22-15-5-3-2-4-8-27(15)16/h11-12H,2-10H2,1H3. The van der Waals surface area contributed by atoms with Gasteiger partial charge in [-0.25, -0.2) is 0 Å². The summed E-state index contributed by atoms with van der Waals surface area (Å²) in [6, 6.07) is 0.826. The van der Waals surface area contributed by atoms with Crippen molar-refractivity contribution in [2.24, 2.45) is 7.05 Å². The van der Waals surface area contributed by atoms with Crippen molar-refractivity contribution in [1.29, 1.82) is 0 Å². The highest BCUT2D eigenvalue weighted by Crippen LogP contribution is 2.31. The van der Waals surface area contributed by atoms with Crippen molar-refractivity contribution in [2.75, 3.05) is 13.1 Å². The van der Waals surface area contributed by atoms with Gasteiger partial charge in [0.05, 0.1) is 0 Å². The van der Waals surface area contributed by atoms with Gasteiger partial charge in [-0.2, -0.15) is 18.3 Å². The first kappa shape index (κ1) is 18.9. The summed E-state index contributed by atoms with van der Waals surface area (Å²) in [5.41, 5.74) is -1.08. The lowest BCUT2D eigenvalue weighted by Crippen LogP contribution is -2.39. The molecule has 152 valence electrons. The number of piperidine rings is 1. The van der Waals surface area contributed by atoms with Crippen LogP contribution in [0.1, 0.15) is 65.9 Å². The maximum atomic E-state index is 12.8. The number of carbonyl (C=O) groups excluding carboxylic acids is 1. The fourth-order valence-electron chi connectivity index (χ4n) is 4.12. The third-order valence-electron chi connectivity index (χ3n) is 5.67. The van der Waals surface area contributed by atoms with Gasteiger partial charge in [0.25, 0.3) is 5.91 Å². The van der Waals surface area contributed by atoms with Gasteiger partial charge in [0.15, 0.2) is 5.69 Å². The summed E-state index contributed by atoms with van der Waals surface area (Å²) < 4.78 is 41.8. The molecule has 0 bridgehead atoms. The van der Waals surface area contributed by atoms with Crippen molar-refractivity contribution < 1.29 is 18.0 Å². The van der Waals surface area contributed by atoms with E-state index in [0.29, 0.717) is 13.1 Å². The molecule has 2 aliphatic rings. The van der Waals surface area contributed by atoms with E-state index in [1.54, 1.807) is 4.90 Å². The Hall–Kier alpha value is -2.39. The summed E-state index contributed by atoms with van der Waals surface area (Å²) in [5.74, 6) is 1.84. The molecule has 2 aromatic heterocycles. The molecule has 0 unspecified atom stereocenters. The van der Waals surface area contributed by atoms with Crippen LogP contribution < -0.4 is 0 Å². The number of amides is 1. The molecule has 7 nitrogen and oxygen atoms in total. The van der Waals surface area contributed by atoms with Crippen LogP contribution in [0.15, 0.2) is 6.07 Å². The fourth-order valence-corrected chi connectivity index (χ4v) is 4.12. The van der Waals surface area contributed by atoms with Crippen LogP contribution in [0.25, 0.3) is 0 Å². The van der Waals surface area contributed by atoms with Gasteiger partial charge in [0, 0.05) is 45.1 Å². The summed E-state index contributed by atoms with van der Waals surface area (Å²) in [6.45, 7) is 1.91. The second-order valence-electron chi connectivity index (χ2n) is 7.54. The highest BCUT2D eigenvalue weighted by atomic mass is 19.4. The van der Waals surface area contributed by atoms with Crippen LogP contribution in [-0.2, 0) is 26.2 Å². The molecule has 1 amide bonds. The minimum absolute atomic E-state index is 0.0397. The highest BCUT2D eigenvalue weighted by molar-refractivity contribution is 5.92. The number of likely N-dealkylation sites (tertiary alicyclic amines) is 1. The Morgan fingerprint density at radius 1 is 1.11 bits per heavy atom. The third-order valence-corrected chi connectivity index (χ3v) is 5.67. The molecule has 0 aromatic carbocycles. The molecule has 0 spiro atoms. The van der Waals surface area contributed by atoms with Gasteiger partial charge in [-0.05, 0) is 25.7 Å². The molecule has 4 heterocycles. The van der Waals surface area contributed by atoms with Crippen LogP contribution in [0.3, 0.4) is 0 Å². The van der Waals surface area contributed by atoms with Gasteiger partial charge in [0.2, 0.25) is 0 Å². The lowest BCUT2D eigenvalue weighted by atomic mass is 9.95. The fraction of sp³-hybridized carbons (Fsp3) is 0.667. The molecule has 4 rings (SSSR count). The number of aryl methyl sites for hydroxylation is 2. The van der Waals surface area contributed by atoms with Crippen LogP contribution >= 0.6 is 0 Å². The van der Waals surface area contributed by atoms with Gasteiger partial charge >= 0.3 is 6.18 Å². The molecule has 0 aliphatic carbocycles. The van der Waals surface area contributed by atoms with Gasteiger partial charge in [-0.15, -0.1) is 10.2 Å². The summed E-state index contributed by atoms with van der Waals surface area (Å²) in [4.78, 5) is 14.3. The number of aromatic nitrogens is 5. The first-order valence-corrected chi connectivity index (χ1v) is 9.67. The normalized spacial score (nSPS) is 18.8. The lowest BCUT2D eigenvalue weighted by molar-refractivity contribution is -0.141. The van der Waals surface area contributed by atoms with Gasteiger partial charge in [-0.1, -0.05) is 6.42 Å². The van der Waals surface area contributed by atoms with Crippen LogP contribution in [0.2, 0.25) is 0 Å². The van der Waals surface area contributed by atoms with Crippen LogP contribution in [0.4, 0.5) is 13.2 Å². The highest BCUT2D eigenvalue weighted by Gasteiger charge is 2.36. The Balaban J connectivity index is 1.44. The molecule has 0 atom stereocenters. The molecule has 1 fully saturated rings. The van der Waals surface area contributed by atoms with E-state index in [0.717, 1.165) is 61.0 Å². The van der Waals surface area contributed by atoms with Crippen LogP contribution in [0, 0.1) is 0 Å². The van der Waals surface area contributed by atoms with E-state index in [-0.39, 0.29) is 11.6 Å². The monoisotopic (exact) mass is 396 g/mol.